The predicted octanol–water partition coefficient (Wildman–Crippen LogP) is 0.594. The molecule has 0 spiro atoms. The van der Waals surface area contributed by atoms with Crippen LogP contribution in [0.15, 0.2) is 9.52 Å². The molecular formula is C13H21N7O. The Morgan fingerprint density at radius 3 is 2.48 bits per heavy atom. The second-order valence-electron chi connectivity index (χ2n) is 4.78. The molecule has 2 aromatic rings. The van der Waals surface area contributed by atoms with Gasteiger partial charge in [-0.15, -0.1) is 0 Å². The van der Waals surface area contributed by atoms with Gasteiger partial charge < -0.3 is 15.2 Å². The zero-order valence-electron chi connectivity index (χ0n) is 13.1. The first-order valence-corrected chi connectivity index (χ1v) is 6.74. The number of aromatic nitrogens is 4. The third kappa shape index (κ3) is 3.59. The fourth-order valence-electron chi connectivity index (χ4n) is 2.04. The monoisotopic (exact) mass is 291 g/mol. The molecule has 0 unspecified atom stereocenters. The molecule has 21 heavy (non-hydrogen) atoms. The van der Waals surface area contributed by atoms with Gasteiger partial charge in [0.25, 0.3) is 0 Å². The Morgan fingerprint density at radius 1 is 1.24 bits per heavy atom. The van der Waals surface area contributed by atoms with Crippen molar-refractivity contribution in [3.8, 4) is 0 Å². The Morgan fingerprint density at radius 2 is 1.95 bits per heavy atom. The van der Waals surface area contributed by atoms with Gasteiger partial charge >= 0.3 is 0 Å². The fourth-order valence-corrected chi connectivity index (χ4v) is 2.04. The van der Waals surface area contributed by atoms with Crippen molar-refractivity contribution in [1.29, 1.82) is 0 Å². The molecule has 2 aromatic heterocycles. The van der Waals surface area contributed by atoms with Crippen molar-refractivity contribution < 1.29 is 4.52 Å². The SMILES string of the molecule is CN=C(NCc1noc(C)n1)NCc1c(C)nn(C)c1C. The molecule has 0 amide bonds. The standard InChI is InChI=1S/C13H21N7O/c1-8-11(9(2)20(5)18-8)6-15-13(14-4)16-7-12-17-10(3)21-19-12/h6-7H2,1-5H3,(H2,14,15,16). The molecule has 0 aliphatic heterocycles. The number of hydrogen-bond acceptors (Lipinski definition) is 5. The zero-order chi connectivity index (χ0) is 15.4. The van der Waals surface area contributed by atoms with Crippen molar-refractivity contribution in [3.63, 3.8) is 0 Å². The molecule has 0 radical (unpaired) electrons. The summed E-state index contributed by atoms with van der Waals surface area (Å²) < 4.78 is 6.80. The summed E-state index contributed by atoms with van der Waals surface area (Å²) >= 11 is 0. The van der Waals surface area contributed by atoms with Gasteiger partial charge in [-0.2, -0.15) is 10.1 Å². The lowest BCUT2D eigenvalue weighted by Crippen LogP contribution is -2.36. The van der Waals surface area contributed by atoms with Crippen LogP contribution in [0.1, 0.15) is 28.7 Å². The third-order valence-electron chi connectivity index (χ3n) is 3.30. The highest BCUT2D eigenvalue weighted by molar-refractivity contribution is 5.79. The predicted molar refractivity (Wildman–Crippen MR) is 78.8 cm³/mol. The molecule has 8 heteroatoms. The summed E-state index contributed by atoms with van der Waals surface area (Å²) in [5, 5.41) is 14.6. The van der Waals surface area contributed by atoms with Crippen LogP contribution in [-0.4, -0.2) is 32.9 Å². The largest absolute Gasteiger partial charge is 0.352 e. The van der Waals surface area contributed by atoms with Gasteiger partial charge in [0.1, 0.15) is 0 Å². The van der Waals surface area contributed by atoms with Gasteiger partial charge in [0.05, 0.1) is 12.2 Å². The van der Waals surface area contributed by atoms with Gasteiger partial charge in [-0.25, -0.2) is 0 Å². The molecule has 0 fully saturated rings. The summed E-state index contributed by atoms with van der Waals surface area (Å²) in [6, 6.07) is 0. The maximum atomic E-state index is 4.92. The van der Waals surface area contributed by atoms with Gasteiger partial charge in [-0.1, -0.05) is 5.16 Å². The number of nitrogens with zero attached hydrogens (tertiary/aromatic N) is 5. The van der Waals surface area contributed by atoms with E-state index in [-0.39, 0.29) is 0 Å². The summed E-state index contributed by atoms with van der Waals surface area (Å²) in [6.07, 6.45) is 0. The molecule has 0 aliphatic carbocycles. The van der Waals surface area contributed by atoms with Crippen molar-refractivity contribution in [3.05, 3.63) is 28.7 Å². The maximum Gasteiger partial charge on any atom is 0.223 e. The molecule has 2 rings (SSSR count). The van der Waals surface area contributed by atoms with Crippen LogP contribution in [0.3, 0.4) is 0 Å². The number of nitrogens with one attached hydrogen (secondary N) is 2. The lowest BCUT2D eigenvalue weighted by atomic mass is 10.2. The lowest BCUT2D eigenvalue weighted by Gasteiger charge is -2.10. The summed E-state index contributed by atoms with van der Waals surface area (Å²) in [6.45, 7) is 6.94. The highest BCUT2D eigenvalue weighted by Crippen LogP contribution is 2.10. The maximum absolute atomic E-state index is 4.92. The highest BCUT2D eigenvalue weighted by Gasteiger charge is 2.10. The van der Waals surface area contributed by atoms with E-state index in [1.54, 1.807) is 14.0 Å². The Labute approximate surface area is 123 Å². The van der Waals surface area contributed by atoms with E-state index in [1.807, 2.05) is 18.7 Å². The first kappa shape index (κ1) is 15.0. The minimum atomic E-state index is 0.460. The molecule has 0 aliphatic rings. The number of aryl methyl sites for hydroxylation is 3. The molecule has 0 aromatic carbocycles. The Bertz CT molecular complexity index is 641. The van der Waals surface area contributed by atoms with Crippen LogP contribution in [0.25, 0.3) is 0 Å². The molecule has 2 N–H and O–H groups in total. The van der Waals surface area contributed by atoms with Crippen LogP contribution >= 0.6 is 0 Å². The van der Waals surface area contributed by atoms with E-state index in [2.05, 4.69) is 37.8 Å². The average molecular weight is 291 g/mol. The zero-order valence-corrected chi connectivity index (χ0v) is 13.1. The van der Waals surface area contributed by atoms with Crippen LogP contribution < -0.4 is 10.6 Å². The topological polar surface area (TPSA) is 93.2 Å². The number of guanidine groups is 1. The molecule has 0 atom stereocenters. The van der Waals surface area contributed by atoms with E-state index >= 15 is 0 Å². The summed E-state index contributed by atoms with van der Waals surface area (Å²) in [5.41, 5.74) is 3.34. The average Bonchev–Trinajstić information content (AvgIpc) is 2.96. The molecule has 8 nitrogen and oxygen atoms in total. The third-order valence-corrected chi connectivity index (χ3v) is 3.30. The smallest absolute Gasteiger partial charge is 0.223 e. The second-order valence-corrected chi connectivity index (χ2v) is 4.78. The molecular weight excluding hydrogens is 270 g/mol. The van der Waals surface area contributed by atoms with E-state index in [9.17, 15) is 0 Å². The van der Waals surface area contributed by atoms with E-state index in [0.717, 1.165) is 11.4 Å². The van der Waals surface area contributed by atoms with E-state index in [0.29, 0.717) is 30.8 Å². The van der Waals surface area contributed by atoms with Gasteiger partial charge in [-0.3, -0.25) is 9.67 Å². The second kappa shape index (κ2) is 6.38. The highest BCUT2D eigenvalue weighted by atomic mass is 16.5. The molecule has 0 bridgehead atoms. The fraction of sp³-hybridized carbons (Fsp3) is 0.538. The first-order valence-electron chi connectivity index (χ1n) is 6.74. The van der Waals surface area contributed by atoms with Crippen molar-refractivity contribution in [2.24, 2.45) is 12.0 Å². The Kier molecular flexibility index (Phi) is 4.56. The first-order chi connectivity index (χ1) is 10.0. The molecule has 0 saturated heterocycles. The Balaban J connectivity index is 1.91. The molecule has 2 heterocycles. The van der Waals surface area contributed by atoms with Crippen LogP contribution in [-0.2, 0) is 20.1 Å². The van der Waals surface area contributed by atoms with Crippen molar-refractivity contribution in [1.82, 2.24) is 30.6 Å². The van der Waals surface area contributed by atoms with Gasteiger partial charge in [-0.05, 0) is 13.8 Å². The van der Waals surface area contributed by atoms with Gasteiger partial charge in [0, 0.05) is 38.8 Å². The van der Waals surface area contributed by atoms with Gasteiger partial charge in [0.2, 0.25) is 5.89 Å². The molecule has 0 saturated carbocycles. The number of rotatable bonds is 4. The minimum absolute atomic E-state index is 0.460. The van der Waals surface area contributed by atoms with Gasteiger partial charge in [0.15, 0.2) is 11.8 Å². The van der Waals surface area contributed by atoms with Crippen LogP contribution in [0.2, 0.25) is 0 Å². The Hall–Kier alpha value is -2.38. The van der Waals surface area contributed by atoms with E-state index in [1.165, 1.54) is 5.56 Å². The normalized spacial score (nSPS) is 11.8. The quantitative estimate of drug-likeness (QED) is 0.633. The van der Waals surface area contributed by atoms with Crippen LogP contribution in [0.5, 0.6) is 0 Å². The van der Waals surface area contributed by atoms with Crippen molar-refractivity contribution >= 4 is 5.96 Å². The number of hydrogen-bond donors (Lipinski definition) is 2. The van der Waals surface area contributed by atoms with Crippen molar-refractivity contribution in [2.45, 2.75) is 33.9 Å². The minimum Gasteiger partial charge on any atom is -0.352 e. The summed E-state index contributed by atoms with van der Waals surface area (Å²) in [5.74, 6) is 1.83. The van der Waals surface area contributed by atoms with Crippen molar-refractivity contribution in [2.75, 3.05) is 7.05 Å². The van der Waals surface area contributed by atoms with Crippen LogP contribution in [0, 0.1) is 20.8 Å². The van der Waals surface area contributed by atoms with E-state index < -0.39 is 0 Å². The lowest BCUT2D eigenvalue weighted by molar-refractivity contribution is 0.387. The van der Waals surface area contributed by atoms with Crippen LogP contribution in [0.4, 0.5) is 0 Å². The summed E-state index contributed by atoms with van der Waals surface area (Å²) in [7, 11) is 3.66. The molecule has 114 valence electrons. The number of aliphatic imine (C=N–C) groups is 1. The van der Waals surface area contributed by atoms with E-state index in [4.69, 9.17) is 4.52 Å². The summed E-state index contributed by atoms with van der Waals surface area (Å²) in [4.78, 5) is 8.30.